The van der Waals surface area contributed by atoms with E-state index in [1.54, 1.807) is 0 Å². The van der Waals surface area contributed by atoms with E-state index in [1.165, 1.54) is 6.42 Å². The van der Waals surface area contributed by atoms with E-state index >= 15 is 0 Å². The van der Waals surface area contributed by atoms with Crippen LogP contribution in [0.1, 0.15) is 40.0 Å². The molecule has 0 saturated carbocycles. The maximum Gasteiger partial charge on any atom is 0.223 e. The fourth-order valence-corrected chi connectivity index (χ4v) is 3.15. The molecule has 0 spiro atoms. The summed E-state index contributed by atoms with van der Waals surface area (Å²) in [5.74, 6) is 1.46. The van der Waals surface area contributed by atoms with Gasteiger partial charge in [-0.3, -0.25) is 4.79 Å². The molecule has 18 heavy (non-hydrogen) atoms. The van der Waals surface area contributed by atoms with Crippen molar-refractivity contribution in [2.45, 2.75) is 45.3 Å². The van der Waals surface area contributed by atoms with Gasteiger partial charge < -0.3 is 9.80 Å². The van der Waals surface area contributed by atoms with Gasteiger partial charge in [-0.25, -0.2) is 0 Å². The smallest absolute Gasteiger partial charge is 0.223 e. The van der Waals surface area contributed by atoms with E-state index in [1.807, 2.05) is 16.7 Å². The molecule has 0 aromatic carbocycles. The highest BCUT2D eigenvalue weighted by Crippen LogP contribution is 2.18. The number of carbonyl (C=O) groups is 1. The lowest BCUT2D eigenvalue weighted by Crippen LogP contribution is -2.35. The minimum atomic E-state index is 0.315. The molecular formula is C14H30N2OS. The number of amides is 1. The van der Waals surface area contributed by atoms with Crippen molar-refractivity contribution in [3.63, 3.8) is 0 Å². The molecule has 0 rings (SSSR count). The van der Waals surface area contributed by atoms with Crippen molar-refractivity contribution < 1.29 is 4.79 Å². The van der Waals surface area contributed by atoms with Gasteiger partial charge in [0.15, 0.2) is 0 Å². The van der Waals surface area contributed by atoms with Gasteiger partial charge in [0.05, 0.1) is 0 Å². The van der Waals surface area contributed by atoms with Gasteiger partial charge in [-0.2, -0.15) is 11.8 Å². The lowest BCUT2D eigenvalue weighted by molar-refractivity contribution is -0.131. The minimum absolute atomic E-state index is 0.315. The summed E-state index contributed by atoms with van der Waals surface area (Å²) in [5, 5.41) is 0.429. The van der Waals surface area contributed by atoms with Crippen LogP contribution in [0.3, 0.4) is 0 Å². The molecule has 0 saturated heterocycles. The van der Waals surface area contributed by atoms with E-state index in [4.69, 9.17) is 0 Å². The van der Waals surface area contributed by atoms with Crippen LogP contribution < -0.4 is 0 Å². The van der Waals surface area contributed by atoms with Crippen molar-refractivity contribution >= 4 is 17.7 Å². The zero-order valence-corrected chi connectivity index (χ0v) is 13.6. The Kier molecular flexibility index (Phi) is 10.5. The van der Waals surface area contributed by atoms with Crippen molar-refractivity contribution in [1.29, 1.82) is 0 Å². The molecule has 0 heterocycles. The monoisotopic (exact) mass is 274 g/mol. The molecule has 0 radical (unpaired) electrons. The predicted molar refractivity (Wildman–Crippen MR) is 82.3 cm³/mol. The van der Waals surface area contributed by atoms with Crippen LogP contribution in [0.5, 0.6) is 0 Å². The van der Waals surface area contributed by atoms with E-state index < -0.39 is 0 Å². The second-order valence-electron chi connectivity index (χ2n) is 4.93. The van der Waals surface area contributed by atoms with Crippen molar-refractivity contribution in [2.75, 3.05) is 39.5 Å². The molecule has 0 aromatic heterocycles. The van der Waals surface area contributed by atoms with Crippen LogP contribution in [-0.4, -0.2) is 60.4 Å². The molecule has 1 atom stereocenters. The molecule has 0 aromatic rings. The average molecular weight is 274 g/mol. The van der Waals surface area contributed by atoms with Crippen LogP contribution in [0.25, 0.3) is 0 Å². The summed E-state index contributed by atoms with van der Waals surface area (Å²) >= 11 is 1.94. The van der Waals surface area contributed by atoms with Crippen molar-refractivity contribution in [3.8, 4) is 0 Å². The molecule has 0 N–H and O–H groups in total. The first-order valence-corrected chi connectivity index (χ1v) is 8.14. The van der Waals surface area contributed by atoms with Crippen LogP contribution in [0.4, 0.5) is 0 Å². The Balaban J connectivity index is 4.30. The largest absolute Gasteiger partial charge is 0.343 e. The summed E-state index contributed by atoms with van der Waals surface area (Å²) in [6.07, 6.45) is 2.89. The average Bonchev–Trinajstić information content (AvgIpc) is 2.32. The van der Waals surface area contributed by atoms with Crippen LogP contribution in [0.2, 0.25) is 0 Å². The highest BCUT2D eigenvalue weighted by molar-refractivity contribution is 7.99. The number of rotatable bonds is 10. The highest BCUT2D eigenvalue weighted by Gasteiger charge is 2.18. The number of hydrogen-bond acceptors (Lipinski definition) is 3. The summed E-state index contributed by atoms with van der Waals surface area (Å²) < 4.78 is 0. The molecule has 1 unspecified atom stereocenters. The van der Waals surface area contributed by atoms with Gasteiger partial charge in [0, 0.05) is 31.3 Å². The molecule has 0 aliphatic heterocycles. The van der Waals surface area contributed by atoms with Gasteiger partial charge in [-0.1, -0.05) is 13.8 Å². The first kappa shape index (κ1) is 17.8. The van der Waals surface area contributed by atoms with Crippen LogP contribution >= 0.6 is 11.8 Å². The molecule has 4 heteroatoms. The lowest BCUT2D eigenvalue weighted by atomic mass is 10.2. The van der Waals surface area contributed by atoms with Gasteiger partial charge in [-0.15, -0.1) is 0 Å². The summed E-state index contributed by atoms with van der Waals surface area (Å²) in [5.41, 5.74) is 0. The Morgan fingerprint density at radius 3 is 2.28 bits per heavy atom. The molecule has 3 nitrogen and oxygen atoms in total. The van der Waals surface area contributed by atoms with Crippen LogP contribution in [0.15, 0.2) is 0 Å². The first-order chi connectivity index (χ1) is 8.54. The van der Waals surface area contributed by atoms with E-state index in [2.05, 4.69) is 39.8 Å². The maximum atomic E-state index is 12.2. The number of carbonyl (C=O) groups excluding carboxylic acids is 1. The van der Waals surface area contributed by atoms with E-state index in [0.29, 0.717) is 17.6 Å². The molecule has 0 fully saturated rings. The number of hydrogen-bond donors (Lipinski definition) is 0. The maximum absolute atomic E-state index is 12.2. The predicted octanol–water partition coefficient (Wildman–Crippen LogP) is 2.71. The van der Waals surface area contributed by atoms with Crippen LogP contribution in [0, 0.1) is 0 Å². The van der Waals surface area contributed by atoms with Gasteiger partial charge in [0.25, 0.3) is 0 Å². The molecule has 0 bridgehead atoms. The Morgan fingerprint density at radius 1 is 1.17 bits per heavy atom. The van der Waals surface area contributed by atoms with Crippen LogP contribution in [-0.2, 0) is 4.79 Å². The van der Waals surface area contributed by atoms with E-state index in [9.17, 15) is 4.79 Å². The zero-order chi connectivity index (χ0) is 14.0. The van der Waals surface area contributed by atoms with E-state index in [-0.39, 0.29) is 0 Å². The second kappa shape index (κ2) is 10.7. The normalized spacial score (nSPS) is 12.8. The third-order valence-electron chi connectivity index (χ3n) is 2.76. The van der Waals surface area contributed by atoms with Gasteiger partial charge in [0.1, 0.15) is 0 Å². The summed E-state index contributed by atoms with van der Waals surface area (Å²) in [7, 11) is 4.15. The van der Waals surface area contributed by atoms with Crippen molar-refractivity contribution in [3.05, 3.63) is 0 Å². The van der Waals surface area contributed by atoms with E-state index in [0.717, 1.165) is 31.8 Å². The molecule has 0 aliphatic rings. The Labute approximate surface area is 117 Å². The fourth-order valence-electron chi connectivity index (χ4n) is 1.92. The van der Waals surface area contributed by atoms with Gasteiger partial charge in [0.2, 0.25) is 5.91 Å². The standard InChI is InChI=1S/C14H30N2OS/c1-6-9-16(8-3)14(17)11-13(12-15(4)5)18-10-7-2/h13H,6-12H2,1-5H3. The topological polar surface area (TPSA) is 23.6 Å². The summed E-state index contributed by atoms with van der Waals surface area (Å²) in [6.45, 7) is 9.09. The third kappa shape index (κ3) is 7.98. The molecule has 1 amide bonds. The molecular weight excluding hydrogens is 244 g/mol. The quantitative estimate of drug-likeness (QED) is 0.612. The Bertz CT molecular complexity index is 222. The first-order valence-electron chi connectivity index (χ1n) is 7.09. The number of nitrogens with zero attached hydrogens (tertiary/aromatic N) is 2. The van der Waals surface area contributed by atoms with Gasteiger partial charge >= 0.3 is 0 Å². The fraction of sp³-hybridized carbons (Fsp3) is 0.929. The summed E-state index contributed by atoms with van der Waals surface area (Å²) in [6, 6.07) is 0. The number of thioether (sulfide) groups is 1. The minimum Gasteiger partial charge on any atom is -0.343 e. The Morgan fingerprint density at radius 2 is 1.83 bits per heavy atom. The lowest BCUT2D eigenvalue weighted by Gasteiger charge is -2.25. The third-order valence-corrected chi connectivity index (χ3v) is 4.19. The molecule has 108 valence electrons. The Hall–Kier alpha value is -0.220. The highest BCUT2D eigenvalue weighted by atomic mass is 32.2. The summed E-state index contributed by atoms with van der Waals surface area (Å²) in [4.78, 5) is 16.4. The van der Waals surface area contributed by atoms with Crippen molar-refractivity contribution in [2.24, 2.45) is 0 Å². The zero-order valence-electron chi connectivity index (χ0n) is 12.7. The second-order valence-corrected chi connectivity index (χ2v) is 6.34. The SMILES string of the molecule is CCCSC(CC(=O)N(CC)CCC)CN(C)C. The molecule has 0 aliphatic carbocycles. The van der Waals surface area contributed by atoms with Gasteiger partial charge in [-0.05, 0) is 39.6 Å². The van der Waals surface area contributed by atoms with Crippen molar-refractivity contribution in [1.82, 2.24) is 9.80 Å².